The lowest BCUT2D eigenvalue weighted by Crippen LogP contribution is -2.42. The van der Waals surface area contributed by atoms with Crippen LogP contribution in [0.3, 0.4) is 0 Å². The molecule has 104 valence electrons. The highest BCUT2D eigenvalue weighted by molar-refractivity contribution is 5.89. The topological polar surface area (TPSA) is 52.6 Å². The lowest BCUT2D eigenvalue weighted by atomic mass is 9.95. The van der Waals surface area contributed by atoms with Gasteiger partial charge in [0.2, 0.25) is 0 Å². The summed E-state index contributed by atoms with van der Waals surface area (Å²) >= 11 is 0. The summed E-state index contributed by atoms with van der Waals surface area (Å²) in [6.45, 7) is 1.57. The number of nitrogens with one attached hydrogen (secondary N) is 1. The number of urea groups is 1. The van der Waals surface area contributed by atoms with Crippen LogP contribution in [0.25, 0.3) is 0 Å². The van der Waals surface area contributed by atoms with Crippen molar-refractivity contribution >= 4 is 11.7 Å². The Kier molecular flexibility index (Phi) is 4.74. The first kappa shape index (κ1) is 13.8. The largest absolute Gasteiger partial charge is 0.396 e. The molecule has 5 heteroatoms. The number of nitrogens with zero attached hydrogens (tertiary/aromatic N) is 1. The molecule has 1 atom stereocenters. The first-order valence-electron chi connectivity index (χ1n) is 6.61. The number of piperidine rings is 1. The summed E-state index contributed by atoms with van der Waals surface area (Å²) in [5.74, 6) is 0.0525. The molecule has 2 N–H and O–H groups in total. The molecule has 0 bridgehead atoms. The lowest BCUT2D eigenvalue weighted by molar-refractivity contribution is 0.159. The Bertz CT molecular complexity index is 420. The van der Waals surface area contributed by atoms with Gasteiger partial charge in [-0.3, -0.25) is 0 Å². The van der Waals surface area contributed by atoms with Gasteiger partial charge in [-0.15, -0.1) is 0 Å². The molecule has 1 aromatic carbocycles. The summed E-state index contributed by atoms with van der Waals surface area (Å²) in [5, 5.41) is 11.7. The van der Waals surface area contributed by atoms with Crippen molar-refractivity contribution in [2.75, 3.05) is 25.0 Å². The number of carbonyl (C=O) groups excluding carboxylic acids is 1. The van der Waals surface area contributed by atoms with Crippen molar-refractivity contribution < 1.29 is 14.3 Å². The van der Waals surface area contributed by atoms with E-state index >= 15 is 0 Å². The molecule has 2 amide bonds. The number of amides is 2. The minimum atomic E-state index is -0.320. The van der Waals surface area contributed by atoms with Gasteiger partial charge in [0, 0.05) is 25.4 Å². The third-order valence-corrected chi connectivity index (χ3v) is 3.44. The van der Waals surface area contributed by atoms with E-state index in [4.69, 9.17) is 5.11 Å². The van der Waals surface area contributed by atoms with Gasteiger partial charge in [-0.05, 0) is 49.4 Å². The van der Waals surface area contributed by atoms with Crippen LogP contribution in [-0.2, 0) is 0 Å². The van der Waals surface area contributed by atoms with Crippen molar-refractivity contribution in [3.8, 4) is 0 Å². The van der Waals surface area contributed by atoms with E-state index in [0.717, 1.165) is 25.8 Å². The van der Waals surface area contributed by atoms with Crippen LogP contribution in [0.2, 0.25) is 0 Å². The second kappa shape index (κ2) is 6.52. The van der Waals surface area contributed by atoms with Crippen molar-refractivity contribution in [2.45, 2.75) is 19.3 Å². The van der Waals surface area contributed by atoms with Crippen molar-refractivity contribution in [1.82, 2.24) is 4.90 Å². The normalized spacial score (nSPS) is 19.3. The number of hydrogen-bond donors (Lipinski definition) is 2. The van der Waals surface area contributed by atoms with Crippen LogP contribution in [-0.4, -0.2) is 35.7 Å². The van der Waals surface area contributed by atoms with E-state index in [1.54, 1.807) is 17.0 Å². The van der Waals surface area contributed by atoms with Crippen LogP contribution in [0.5, 0.6) is 0 Å². The molecule has 1 unspecified atom stereocenters. The molecule has 1 aliphatic heterocycles. The van der Waals surface area contributed by atoms with Crippen LogP contribution < -0.4 is 5.32 Å². The summed E-state index contributed by atoms with van der Waals surface area (Å²) in [6, 6.07) is 5.57. The maximum absolute atomic E-state index is 12.8. The number of halogens is 1. The van der Waals surface area contributed by atoms with E-state index in [1.165, 1.54) is 12.1 Å². The monoisotopic (exact) mass is 266 g/mol. The van der Waals surface area contributed by atoms with Gasteiger partial charge in [0.1, 0.15) is 5.82 Å². The Balaban J connectivity index is 1.90. The molecule has 1 saturated heterocycles. The molecule has 1 aliphatic rings. The highest BCUT2D eigenvalue weighted by Gasteiger charge is 2.23. The first-order chi connectivity index (χ1) is 9.19. The average Bonchev–Trinajstić information content (AvgIpc) is 2.42. The molecule has 0 radical (unpaired) electrons. The minimum absolute atomic E-state index is 0.158. The summed E-state index contributed by atoms with van der Waals surface area (Å²) in [5.41, 5.74) is 0.593. The zero-order valence-electron chi connectivity index (χ0n) is 10.8. The molecule has 0 aliphatic carbocycles. The Morgan fingerprint density at radius 2 is 2.16 bits per heavy atom. The number of anilines is 1. The summed E-state index contributed by atoms with van der Waals surface area (Å²) in [7, 11) is 0. The number of rotatable bonds is 3. The number of likely N-dealkylation sites (tertiary alicyclic amines) is 1. The number of carbonyl (C=O) groups is 1. The van der Waals surface area contributed by atoms with Gasteiger partial charge in [0.25, 0.3) is 0 Å². The van der Waals surface area contributed by atoms with Gasteiger partial charge >= 0.3 is 6.03 Å². The molecular weight excluding hydrogens is 247 g/mol. The number of aliphatic hydroxyl groups excluding tert-OH is 1. The number of hydrogen-bond acceptors (Lipinski definition) is 2. The molecule has 1 fully saturated rings. The molecule has 2 rings (SSSR count). The van der Waals surface area contributed by atoms with E-state index in [2.05, 4.69) is 5.32 Å². The molecule has 1 heterocycles. The highest BCUT2D eigenvalue weighted by Crippen LogP contribution is 2.20. The standard InChI is InChI=1S/C14H19FN2O2/c15-12-3-5-13(6-4-12)16-14(19)17-8-1-2-11(10-17)7-9-18/h3-6,11,18H,1-2,7-10H2,(H,16,19). The Hall–Kier alpha value is -1.62. The van der Waals surface area contributed by atoms with E-state index in [-0.39, 0.29) is 18.5 Å². The quantitative estimate of drug-likeness (QED) is 0.883. The Labute approximate surface area is 112 Å². The van der Waals surface area contributed by atoms with Crippen molar-refractivity contribution in [3.05, 3.63) is 30.1 Å². The predicted octanol–water partition coefficient (Wildman–Crippen LogP) is 2.45. The Morgan fingerprint density at radius 3 is 2.84 bits per heavy atom. The first-order valence-corrected chi connectivity index (χ1v) is 6.61. The molecule has 0 aromatic heterocycles. The SMILES string of the molecule is O=C(Nc1ccc(F)cc1)N1CCCC(CCO)C1. The maximum Gasteiger partial charge on any atom is 0.321 e. The van der Waals surface area contributed by atoms with Gasteiger partial charge in [-0.25, -0.2) is 9.18 Å². The molecule has 4 nitrogen and oxygen atoms in total. The zero-order chi connectivity index (χ0) is 13.7. The predicted molar refractivity (Wildman–Crippen MR) is 71.4 cm³/mol. The summed E-state index contributed by atoms with van der Waals surface area (Å²) in [4.78, 5) is 13.8. The van der Waals surface area contributed by atoms with E-state index in [1.807, 2.05) is 0 Å². The molecular formula is C14H19FN2O2. The van der Waals surface area contributed by atoms with Gasteiger partial charge in [0.05, 0.1) is 0 Å². The van der Waals surface area contributed by atoms with Crippen LogP contribution in [0.1, 0.15) is 19.3 Å². The maximum atomic E-state index is 12.8. The molecule has 19 heavy (non-hydrogen) atoms. The van der Waals surface area contributed by atoms with Crippen LogP contribution in [0.4, 0.5) is 14.9 Å². The zero-order valence-corrected chi connectivity index (χ0v) is 10.8. The van der Waals surface area contributed by atoms with Gasteiger partial charge < -0.3 is 15.3 Å². The van der Waals surface area contributed by atoms with Crippen molar-refractivity contribution in [2.24, 2.45) is 5.92 Å². The second-order valence-electron chi connectivity index (χ2n) is 4.90. The van der Waals surface area contributed by atoms with Crippen molar-refractivity contribution in [1.29, 1.82) is 0 Å². The lowest BCUT2D eigenvalue weighted by Gasteiger charge is -2.32. The van der Waals surface area contributed by atoms with E-state index < -0.39 is 0 Å². The molecule has 0 spiro atoms. The fraction of sp³-hybridized carbons (Fsp3) is 0.500. The fourth-order valence-electron chi connectivity index (χ4n) is 2.40. The third-order valence-electron chi connectivity index (χ3n) is 3.44. The van der Waals surface area contributed by atoms with E-state index in [9.17, 15) is 9.18 Å². The Morgan fingerprint density at radius 1 is 1.42 bits per heavy atom. The fourth-order valence-corrected chi connectivity index (χ4v) is 2.40. The van der Waals surface area contributed by atoms with Gasteiger partial charge in [-0.1, -0.05) is 0 Å². The van der Waals surface area contributed by atoms with Gasteiger partial charge in [0.15, 0.2) is 0 Å². The van der Waals surface area contributed by atoms with Gasteiger partial charge in [-0.2, -0.15) is 0 Å². The third kappa shape index (κ3) is 3.92. The van der Waals surface area contributed by atoms with Crippen LogP contribution in [0.15, 0.2) is 24.3 Å². The minimum Gasteiger partial charge on any atom is -0.396 e. The summed E-state index contributed by atoms with van der Waals surface area (Å²) < 4.78 is 12.8. The number of benzene rings is 1. The molecule has 1 aromatic rings. The summed E-state index contributed by atoms with van der Waals surface area (Å²) in [6.07, 6.45) is 2.75. The van der Waals surface area contributed by atoms with Crippen LogP contribution >= 0.6 is 0 Å². The van der Waals surface area contributed by atoms with Crippen molar-refractivity contribution in [3.63, 3.8) is 0 Å². The second-order valence-corrected chi connectivity index (χ2v) is 4.90. The smallest absolute Gasteiger partial charge is 0.321 e. The highest BCUT2D eigenvalue weighted by atomic mass is 19.1. The van der Waals surface area contributed by atoms with Crippen LogP contribution in [0, 0.1) is 11.7 Å². The number of aliphatic hydroxyl groups is 1. The average molecular weight is 266 g/mol. The van der Waals surface area contributed by atoms with E-state index in [0.29, 0.717) is 18.2 Å². The molecule has 0 saturated carbocycles.